The molecule has 1 aliphatic rings. The molecule has 1 saturated heterocycles. The Kier molecular flexibility index (Phi) is 5.10. The van der Waals surface area contributed by atoms with Gasteiger partial charge in [0.2, 0.25) is 0 Å². The molecule has 0 saturated carbocycles. The summed E-state index contributed by atoms with van der Waals surface area (Å²) in [6.45, 7) is 0. The highest BCUT2D eigenvalue weighted by Gasteiger charge is 2.38. The van der Waals surface area contributed by atoms with E-state index >= 15 is 0 Å². The molecule has 0 spiro atoms. The molecule has 0 aromatic heterocycles. The Morgan fingerprint density at radius 1 is 1.05 bits per heavy atom. The molecule has 2 rings (SSSR count). The van der Waals surface area contributed by atoms with Crippen LogP contribution in [0.2, 0.25) is 0 Å². The number of carbonyl (C=O) groups excluding carboxylic acids is 3. The molecular weight excluding hydrogens is 514 g/mol. The van der Waals surface area contributed by atoms with Crippen molar-refractivity contribution < 1.29 is 19.1 Å². The van der Waals surface area contributed by atoms with Gasteiger partial charge < -0.3 is 4.74 Å². The minimum atomic E-state index is -0.642. The summed E-state index contributed by atoms with van der Waals surface area (Å²) in [6.07, 6.45) is 1.47. The van der Waals surface area contributed by atoms with Crippen LogP contribution in [0.3, 0.4) is 0 Å². The fourth-order valence-electron chi connectivity index (χ4n) is 2.03. The third-order valence-corrected chi connectivity index (χ3v) is 4.61. The zero-order chi connectivity index (χ0) is 16.6. The largest absolute Gasteiger partial charge is 0.495 e. The van der Waals surface area contributed by atoms with E-state index in [-0.39, 0.29) is 5.57 Å². The lowest BCUT2D eigenvalue weighted by molar-refractivity contribution is -0.134. The quantitative estimate of drug-likeness (QED) is 0.338. The van der Waals surface area contributed by atoms with Gasteiger partial charge in [0, 0.05) is 23.2 Å². The first-order valence-electron chi connectivity index (χ1n) is 6.12. The van der Waals surface area contributed by atoms with Crippen LogP contribution in [-0.2, 0) is 9.59 Å². The zero-order valence-corrected chi connectivity index (χ0v) is 16.3. The van der Waals surface area contributed by atoms with Gasteiger partial charge in [0.1, 0.15) is 11.3 Å². The van der Waals surface area contributed by atoms with Crippen LogP contribution in [-0.4, -0.2) is 48.9 Å². The first kappa shape index (κ1) is 17.2. The van der Waals surface area contributed by atoms with Crippen molar-refractivity contribution in [3.8, 4) is 5.75 Å². The van der Waals surface area contributed by atoms with Gasteiger partial charge in [0.05, 0.1) is 10.7 Å². The van der Waals surface area contributed by atoms with E-state index in [1.165, 1.54) is 27.3 Å². The Morgan fingerprint density at radius 2 is 1.59 bits per heavy atom. The highest BCUT2D eigenvalue weighted by Crippen LogP contribution is 2.30. The standard InChI is InChI=1S/C14H12I2N2O4/c1-17-12(19)9(13(20)18(2)14(17)21)5-7-4-8(15)6-10(16)11(7)22-3/h4-6H,1-3H3. The van der Waals surface area contributed by atoms with Gasteiger partial charge in [0.15, 0.2) is 0 Å². The van der Waals surface area contributed by atoms with Crippen molar-refractivity contribution in [1.82, 2.24) is 9.80 Å². The summed E-state index contributed by atoms with van der Waals surface area (Å²) in [4.78, 5) is 38.0. The molecule has 0 unspecified atom stereocenters. The Morgan fingerprint density at radius 3 is 2.09 bits per heavy atom. The van der Waals surface area contributed by atoms with E-state index in [2.05, 4.69) is 45.2 Å². The van der Waals surface area contributed by atoms with Crippen molar-refractivity contribution in [1.29, 1.82) is 0 Å². The minimum absolute atomic E-state index is 0.0688. The van der Waals surface area contributed by atoms with Gasteiger partial charge in [-0.1, -0.05) is 0 Å². The molecule has 4 amide bonds. The molecule has 1 aromatic carbocycles. The second kappa shape index (κ2) is 6.52. The first-order valence-corrected chi connectivity index (χ1v) is 8.28. The Hall–Kier alpha value is -1.17. The molecule has 116 valence electrons. The number of rotatable bonds is 2. The highest BCUT2D eigenvalue weighted by atomic mass is 127. The van der Waals surface area contributed by atoms with E-state index in [0.717, 1.165) is 16.9 Å². The molecule has 0 N–H and O–H groups in total. The monoisotopic (exact) mass is 526 g/mol. The molecule has 0 radical (unpaired) electrons. The summed E-state index contributed by atoms with van der Waals surface area (Å²) in [7, 11) is 4.22. The van der Waals surface area contributed by atoms with Crippen LogP contribution < -0.4 is 4.74 Å². The summed E-state index contributed by atoms with van der Waals surface area (Å²) in [6, 6.07) is 3.09. The molecule has 1 aliphatic heterocycles. The predicted octanol–water partition coefficient (Wildman–Crippen LogP) is 2.34. The van der Waals surface area contributed by atoms with E-state index in [9.17, 15) is 14.4 Å². The number of barbiturate groups is 1. The number of amides is 4. The number of hydrogen-bond acceptors (Lipinski definition) is 4. The Bertz CT molecular complexity index is 689. The number of likely N-dealkylation sites (N-methyl/N-ethyl adjacent to an activating group) is 2. The summed E-state index contributed by atoms with van der Waals surface area (Å²) < 4.78 is 7.16. The number of benzene rings is 1. The Balaban J connectivity index is 2.59. The number of ether oxygens (including phenoxy) is 1. The number of nitrogens with zero attached hydrogens (tertiary/aromatic N) is 2. The second-order valence-corrected chi connectivity index (χ2v) is 6.99. The van der Waals surface area contributed by atoms with Crippen molar-refractivity contribution in [2.45, 2.75) is 0 Å². The van der Waals surface area contributed by atoms with Gasteiger partial charge in [-0.2, -0.15) is 0 Å². The molecular formula is C14H12I2N2O4. The van der Waals surface area contributed by atoms with Crippen LogP contribution in [0.4, 0.5) is 4.79 Å². The smallest absolute Gasteiger partial charge is 0.333 e. The van der Waals surface area contributed by atoms with Crippen LogP contribution in [0, 0.1) is 7.14 Å². The molecule has 1 aromatic rings. The van der Waals surface area contributed by atoms with Gasteiger partial charge in [-0.25, -0.2) is 4.79 Å². The number of urea groups is 1. The van der Waals surface area contributed by atoms with Gasteiger partial charge in [-0.05, 0) is 63.4 Å². The Labute approximate surface area is 154 Å². The van der Waals surface area contributed by atoms with Crippen molar-refractivity contribution in [2.75, 3.05) is 21.2 Å². The van der Waals surface area contributed by atoms with Gasteiger partial charge in [-0.3, -0.25) is 19.4 Å². The predicted molar refractivity (Wildman–Crippen MR) is 97.3 cm³/mol. The summed E-state index contributed by atoms with van der Waals surface area (Å²) >= 11 is 4.27. The fourth-order valence-corrected chi connectivity index (χ4v) is 4.14. The first-order chi connectivity index (χ1) is 10.3. The SMILES string of the molecule is COc1c(I)cc(I)cc1C=C1C(=O)N(C)C(=O)N(C)C1=O. The lowest BCUT2D eigenvalue weighted by Crippen LogP contribution is -2.52. The van der Waals surface area contributed by atoms with E-state index < -0.39 is 17.8 Å². The number of hydrogen-bond donors (Lipinski definition) is 0. The van der Waals surface area contributed by atoms with Gasteiger partial charge in [0.25, 0.3) is 11.8 Å². The molecule has 1 fully saturated rings. The fraction of sp³-hybridized carbons (Fsp3) is 0.214. The number of imide groups is 2. The van der Waals surface area contributed by atoms with Crippen LogP contribution in [0.25, 0.3) is 6.08 Å². The summed E-state index contributed by atoms with van der Waals surface area (Å²) in [5.41, 5.74) is 0.548. The molecule has 6 nitrogen and oxygen atoms in total. The van der Waals surface area contributed by atoms with Gasteiger partial charge >= 0.3 is 6.03 Å². The molecule has 8 heteroatoms. The molecule has 1 heterocycles. The van der Waals surface area contributed by atoms with E-state index in [4.69, 9.17) is 4.74 Å². The summed E-state index contributed by atoms with van der Waals surface area (Å²) in [5.74, 6) is -0.663. The molecule has 22 heavy (non-hydrogen) atoms. The van der Waals surface area contributed by atoms with Crippen molar-refractivity contribution >= 4 is 69.1 Å². The maximum atomic E-state index is 12.2. The third kappa shape index (κ3) is 2.98. The van der Waals surface area contributed by atoms with Gasteiger partial charge in [-0.15, -0.1) is 0 Å². The number of halogens is 2. The lowest BCUT2D eigenvalue weighted by atomic mass is 10.1. The minimum Gasteiger partial charge on any atom is -0.495 e. The van der Waals surface area contributed by atoms with Crippen LogP contribution in [0.1, 0.15) is 5.56 Å². The molecule has 0 bridgehead atoms. The van der Waals surface area contributed by atoms with Crippen LogP contribution in [0.15, 0.2) is 17.7 Å². The molecule has 0 aliphatic carbocycles. The average Bonchev–Trinajstić information content (AvgIpc) is 2.47. The number of carbonyl (C=O) groups is 3. The topological polar surface area (TPSA) is 66.9 Å². The van der Waals surface area contributed by atoms with Crippen LogP contribution >= 0.6 is 45.2 Å². The molecule has 0 atom stereocenters. The van der Waals surface area contributed by atoms with Crippen molar-refractivity contribution in [3.05, 3.63) is 30.4 Å². The lowest BCUT2D eigenvalue weighted by Gasteiger charge is -2.29. The number of methoxy groups -OCH3 is 1. The van der Waals surface area contributed by atoms with E-state index in [0.29, 0.717) is 11.3 Å². The van der Waals surface area contributed by atoms with Crippen molar-refractivity contribution in [3.63, 3.8) is 0 Å². The normalized spacial score (nSPS) is 15.5. The maximum Gasteiger partial charge on any atom is 0.333 e. The summed E-state index contributed by atoms with van der Waals surface area (Å²) in [5, 5.41) is 0. The second-order valence-electron chi connectivity index (χ2n) is 4.58. The van der Waals surface area contributed by atoms with E-state index in [1.807, 2.05) is 12.1 Å². The average molecular weight is 526 g/mol. The zero-order valence-electron chi connectivity index (χ0n) is 12.0. The van der Waals surface area contributed by atoms with Crippen molar-refractivity contribution in [2.24, 2.45) is 0 Å². The van der Waals surface area contributed by atoms with Crippen LogP contribution in [0.5, 0.6) is 5.75 Å². The maximum absolute atomic E-state index is 12.2. The highest BCUT2D eigenvalue weighted by molar-refractivity contribution is 14.1. The van der Waals surface area contributed by atoms with E-state index in [1.54, 1.807) is 0 Å². The third-order valence-electron chi connectivity index (χ3n) is 3.19.